The molecule has 1 amide bonds. The molecular formula is C30H28N2O5. The van der Waals surface area contributed by atoms with Crippen LogP contribution in [-0.4, -0.2) is 31.3 Å². The van der Waals surface area contributed by atoms with Crippen molar-refractivity contribution in [3.05, 3.63) is 102 Å². The van der Waals surface area contributed by atoms with Gasteiger partial charge in [-0.1, -0.05) is 37.3 Å². The van der Waals surface area contributed by atoms with E-state index in [1.54, 1.807) is 54.6 Å². The third-order valence-electron chi connectivity index (χ3n) is 5.48. The van der Waals surface area contributed by atoms with Crippen LogP contribution >= 0.6 is 0 Å². The van der Waals surface area contributed by atoms with Gasteiger partial charge in [-0.05, 0) is 78.7 Å². The molecule has 4 aromatic carbocycles. The molecule has 0 spiro atoms. The number of carbonyl (C=O) groups excluding carboxylic acids is 2. The molecule has 7 heteroatoms. The molecule has 0 aliphatic rings. The summed E-state index contributed by atoms with van der Waals surface area (Å²) in [5, 5.41) is 5.92. The van der Waals surface area contributed by atoms with E-state index >= 15 is 0 Å². The van der Waals surface area contributed by atoms with Gasteiger partial charge in [0.15, 0.2) is 0 Å². The van der Waals surface area contributed by atoms with Gasteiger partial charge in [0.25, 0.3) is 5.91 Å². The molecular weight excluding hydrogens is 468 g/mol. The largest absolute Gasteiger partial charge is 0.494 e. The lowest BCUT2D eigenvalue weighted by Crippen LogP contribution is -2.17. The normalized spacial score (nSPS) is 10.9. The van der Waals surface area contributed by atoms with Crippen molar-refractivity contribution in [2.45, 2.75) is 20.3 Å². The predicted molar refractivity (Wildman–Crippen MR) is 144 cm³/mol. The molecule has 4 aromatic rings. The zero-order valence-corrected chi connectivity index (χ0v) is 20.8. The zero-order valence-electron chi connectivity index (χ0n) is 20.8. The summed E-state index contributed by atoms with van der Waals surface area (Å²) in [6, 6.07) is 24.9. The van der Waals surface area contributed by atoms with Crippen LogP contribution in [0, 0.1) is 0 Å². The van der Waals surface area contributed by atoms with Gasteiger partial charge in [-0.15, -0.1) is 0 Å². The van der Waals surface area contributed by atoms with Crippen LogP contribution in [0.25, 0.3) is 10.8 Å². The molecule has 0 atom stereocenters. The molecule has 0 aromatic heterocycles. The van der Waals surface area contributed by atoms with E-state index in [1.807, 2.05) is 44.2 Å². The van der Waals surface area contributed by atoms with Gasteiger partial charge in [0.05, 0.1) is 25.0 Å². The number of nitrogens with zero attached hydrogens (tertiary/aromatic N) is 1. The fraction of sp³-hybridized carbons (Fsp3) is 0.167. The van der Waals surface area contributed by atoms with Crippen molar-refractivity contribution in [1.82, 2.24) is 5.43 Å². The van der Waals surface area contributed by atoms with Crippen molar-refractivity contribution in [2.75, 3.05) is 13.2 Å². The fourth-order valence-electron chi connectivity index (χ4n) is 3.65. The summed E-state index contributed by atoms with van der Waals surface area (Å²) in [6.07, 6.45) is 2.39. The Labute approximate surface area is 215 Å². The van der Waals surface area contributed by atoms with E-state index in [0.29, 0.717) is 47.2 Å². The van der Waals surface area contributed by atoms with Crippen LogP contribution < -0.4 is 19.6 Å². The Bertz CT molecular complexity index is 1400. The lowest BCUT2D eigenvalue weighted by atomic mass is 10.0. The van der Waals surface area contributed by atoms with Gasteiger partial charge in [0.2, 0.25) is 0 Å². The van der Waals surface area contributed by atoms with Gasteiger partial charge >= 0.3 is 5.97 Å². The van der Waals surface area contributed by atoms with Crippen molar-refractivity contribution >= 4 is 28.9 Å². The number of fused-ring (bicyclic) bond motifs is 1. The summed E-state index contributed by atoms with van der Waals surface area (Å²) in [4.78, 5) is 25.4. The van der Waals surface area contributed by atoms with Crippen molar-refractivity contribution < 1.29 is 23.8 Å². The average molecular weight is 497 g/mol. The highest BCUT2D eigenvalue weighted by Crippen LogP contribution is 2.27. The van der Waals surface area contributed by atoms with Gasteiger partial charge in [0.1, 0.15) is 17.2 Å². The van der Waals surface area contributed by atoms with Crippen molar-refractivity contribution in [1.29, 1.82) is 0 Å². The molecule has 0 saturated carbocycles. The van der Waals surface area contributed by atoms with Gasteiger partial charge in [0, 0.05) is 11.1 Å². The molecule has 0 aliphatic heterocycles. The van der Waals surface area contributed by atoms with Crippen LogP contribution in [0.4, 0.5) is 0 Å². The highest BCUT2D eigenvalue weighted by atomic mass is 16.5. The highest BCUT2D eigenvalue weighted by Gasteiger charge is 2.14. The van der Waals surface area contributed by atoms with E-state index in [2.05, 4.69) is 10.5 Å². The number of amides is 1. The SMILES string of the molecule is CCCOc1ccc(C(=O)N/N=C\c2c(OC(=O)c3ccc(OCC)cc3)ccc3ccccc23)cc1. The minimum Gasteiger partial charge on any atom is -0.494 e. The topological polar surface area (TPSA) is 86.2 Å². The molecule has 7 nitrogen and oxygen atoms in total. The number of esters is 1. The zero-order chi connectivity index (χ0) is 26.0. The molecule has 0 heterocycles. The summed E-state index contributed by atoms with van der Waals surface area (Å²) in [7, 11) is 0. The van der Waals surface area contributed by atoms with E-state index < -0.39 is 5.97 Å². The second-order valence-corrected chi connectivity index (χ2v) is 8.12. The first kappa shape index (κ1) is 25.4. The Hall–Kier alpha value is -4.65. The van der Waals surface area contributed by atoms with Gasteiger partial charge in [-0.3, -0.25) is 4.79 Å². The number of hydrogen-bond donors (Lipinski definition) is 1. The quantitative estimate of drug-likeness (QED) is 0.126. The Kier molecular flexibility index (Phi) is 8.49. The second-order valence-electron chi connectivity index (χ2n) is 8.12. The Morgan fingerprint density at radius 2 is 1.49 bits per heavy atom. The lowest BCUT2D eigenvalue weighted by Gasteiger charge is -2.11. The first-order valence-corrected chi connectivity index (χ1v) is 12.1. The maximum Gasteiger partial charge on any atom is 0.343 e. The van der Waals surface area contributed by atoms with Crippen molar-refractivity contribution in [3.63, 3.8) is 0 Å². The molecule has 4 rings (SSSR count). The number of benzene rings is 4. The lowest BCUT2D eigenvalue weighted by molar-refractivity contribution is 0.0734. The van der Waals surface area contributed by atoms with Crippen LogP contribution in [0.15, 0.2) is 90.0 Å². The number of nitrogens with one attached hydrogen (secondary N) is 1. The molecule has 1 N–H and O–H groups in total. The van der Waals surface area contributed by atoms with E-state index in [-0.39, 0.29) is 5.91 Å². The number of carbonyl (C=O) groups is 2. The average Bonchev–Trinajstić information content (AvgIpc) is 2.93. The van der Waals surface area contributed by atoms with Crippen molar-refractivity contribution in [2.24, 2.45) is 5.10 Å². The minimum absolute atomic E-state index is 0.327. The maximum atomic E-state index is 12.8. The van der Waals surface area contributed by atoms with Crippen molar-refractivity contribution in [3.8, 4) is 17.2 Å². The van der Waals surface area contributed by atoms with Crippen LogP contribution in [0.2, 0.25) is 0 Å². The minimum atomic E-state index is -0.512. The maximum absolute atomic E-state index is 12.8. The molecule has 0 bridgehead atoms. The fourth-order valence-corrected chi connectivity index (χ4v) is 3.65. The van der Waals surface area contributed by atoms with Gasteiger partial charge in [-0.25, -0.2) is 10.2 Å². The third kappa shape index (κ3) is 6.52. The van der Waals surface area contributed by atoms with E-state index in [9.17, 15) is 9.59 Å². The molecule has 0 fully saturated rings. The Morgan fingerprint density at radius 3 is 2.19 bits per heavy atom. The van der Waals surface area contributed by atoms with Gasteiger partial charge in [-0.2, -0.15) is 5.10 Å². The molecule has 37 heavy (non-hydrogen) atoms. The molecule has 0 unspecified atom stereocenters. The molecule has 0 aliphatic carbocycles. The monoisotopic (exact) mass is 496 g/mol. The second kappa shape index (κ2) is 12.4. The summed E-state index contributed by atoms with van der Waals surface area (Å²) in [5.74, 6) is 0.829. The first-order chi connectivity index (χ1) is 18.1. The number of ether oxygens (including phenoxy) is 3. The van der Waals surface area contributed by atoms with E-state index in [4.69, 9.17) is 14.2 Å². The van der Waals surface area contributed by atoms with E-state index in [0.717, 1.165) is 17.2 Å². The molecule has 188 valence electrons. The number of rotatable bonds is 10. The Morgan fingerprint density at radius 1 is 0.811 bits per heavy atom. The van der Waals surface area contributed by atoms with Gasteiger partial charge < -0.3 is 14.2 Å². The van der Waals surface area contributed by atoms with Crippen LogP contribution in [0.5, 0.6) is 17.2 Å². The number of hydrazone groups is 1. The predicted octanol–water partition coefficient (Wildman–Crippen LogP) is 6.01. The van der Waals surface area contributed by atoms with Crippen LogP contribution in [0.3, 0.4) is 0 Å². The third-order valence-corrected chi connectivity index (χ3v) is 5.48. The standard InChI is InChI=1S/C30H28N2O5/c1-3-19-36-25-14-9-22(10-15-25)29(33)32-31-20-27-26-8-6-5-7-21(26)13-18-28(27)37-30(34)23-11-16-24(17-12-23)35-4-2/h5-18,20H,3-4,19H2,1-2H3,(H,32,33)/b31-20-. The summed E-state index contributed by atoms with van der Waals surface area (Å²) < 4.78 is 16.7. The first-order valence-electron chi connectivity index (χ1n) is 12.1. The van der Waals surface area contributed by atoms with Crippen LogP contribution in [0.1, 0.15) is 46.5 Å². The molecule has 0 saturated heterocycles. The summed E-state index contributed by atoms with van der Waals surface area (Å²) in [6.45, 7) is 5.08. The highest BCUT2D eigenvalue weighted by molar-refractivity contribution is 6.04. The number of hydrogen-bond acceptors (Lipinski definition) is 6. The summed E-state index contributed by atoms with van der Waals surface area (Å²) >= 11 is 0. The summed E-state index contributed by atoms with van der Waals surface area (Å²) in [5.41, 5.74) is 3.94. The van der Waals surface area contributed by atoms with E-state index in [1.165, 1.54) is 6.21 Å². The van der Waals surface area contributed by atoms with Crippen LogP contribution in [-0.2, 0) is 0 Å². The molecule has 0 radical (unpaired) electrons. The Balaban J connectivity index is 1.53. The smallest absolute Gasteiger partial charge is 0.343 e.